The van der Waals surface area contributed by atoms with Gasteiger partial charge < -0.3 is 15.2 Å². The lowest BCUT2D eigenvalue weighted by Crippen LogP contribution is -2.40. The van der Waals surface area contributed by atoms with Gasteiger partial charge in [0.2, 0.25) is 0 Å². The number of hydrogen-bond acceptors (Lipinski definition) is 3. The Hall–Kier alpha value is -0.590. The number of amides is 1. The fraction of sp³-hybridized carbons (Fsp3) is 0.462. The Balaban J connectivity index is 2.46. The standard InChI is InChI=1S/C13H17Br2NO3/c1-8(6-17)9(2)16-13(18)7-19-12-4-3-10(14)5-11(12)15/h3-5,8-9,17H,6-7H2,1-2H3,(H,16,18). The van der Waals surface area contributed by atoms with E-state index in [1.807, 2.05) is 26.0 Å². The third-order valence-electron chi connectivity index (χ3n) is 2.78. The maximum absolute atomic E-state index is 11.7. The van der Waals surface area contributed by atoms with Gasteiger partial charge in [-0.15, -0.1) is 0 Å². The minimum Gasteiger partial charge on any atom is -0.483 e. The Kier molecular flexibility index (Phi) is 6.82. The first-order valence-electron chi connectivity index (χ1n) is 5.92. The van der Waals surface area contributed by atoms with Crippen molar-refractivity contribution in [2.45, 2.75) is 19.9 Å². The zero-order valence-corrected chi connectivity index (χ0v) is 14.0. The van der Waals surface area contributed by atoms with Crippen molar-refractivity contribution < 1.29 is 14.6 Å². The summed E-state index contributed by atoms with van der Waals surface area (Å²) in [5.74, 6) is 0.423. The summed E-state index contributed by atoms with van der Waals surface area (Å²) in [6.07, 6.45) is 0. The normalized spacial score (nSPS) is 13.7. The molecule has 0 aliphatic heterocycles. The highest BCUT2D eigenvalue weighted by Crippen LogP contribution is 2.28. The molecule has 1 amide bonds. The number of benzene rings is 1. The molecule has 0 heterocycles. The molecule has 4 nitrogen and oxygen atoms in total. The van der Waals surface area contributed by atoms with Crippen molar-refractivity contribution >= 4 is 37.8 Å². The Morgan fingerprint density at radius 3 is 2.68 bits per heavy atom. The van der Waals surface area contributed by atoms with Crippen molar-refractivity contribution in [1.29, 1.82) is 0 Å². The summed E-state index contributed by atoms with van der Waals surface area (Å²) in [6, 6.07) is 5.38. The molecule has 0 aliphatic rings. The molecule has 0 spiro atoms. The number of nitrogens with one attached hydrogen (secondary N) is 1. The van der Waals surface area contributed by atoms with E-state index < -0.39 is 0 Å². The van der Waals surface area contributed by atoms with E-state index >= 15 is 0 Å². The van der Waals surface area contributed by atoms with Gasteiger partial charge in [0, 0.05) is 17.1 Å². The van der Waals surface area contributed by atoms with E-state index in [1.54, 1.807) is 6.07 Å². The van der Waals surface area contributed by atoms with E-state index in [2.05, 4.69) is 37.2 Å². The van der Waals surface area contributed by atoms with Crippen LogP contribution in [0.3, 0.4) is 0 Å². The second kappa shape index (κ2) is 7.87. The minimum atomic E-state index is -0.206. The molecule has 2 N–H and O–H groups in total. The van der Waals surface area contributed by atoms with Gasteiger partial charge in [0.05, 0.1) is 4.47 Å². The predicted octanol–water partition coefficient (Wildman–Crippen LogP) is 2.72. The van der Waals surface area contributed by atoms with Crippen molar-refractivity contribution in [3.8, 4) is 5.75 Å². The van der Waals surface area contributed by atoms with Crippen molar-refractivity contribution in [3.63, 3.8) is 0 Å². The third kappa shape index (κ3) is 5.50. The first-order valence-corrected chi connectivity index (χ1v) is 7.50. The van der Waals surface area contributed by atoms with Gasteiger partial charge in [0.15, 0.2) is 6.61 Å². The topological polar surface area (TPSA) is 58.6 Å². The highest BCUT2D eigenvalue weighted by atomic mass is 79.9. The van der Waals surface area contributed by atoms with Gasteiger partial charge in [-0.1, -0.05) is 22.9 Å². The molecule has 0 aromatic heterocycles. The number of ether oxygens (including phenoxy) is 1. The zero-order valence-electron chi connectivity index (χ0n) is 10.8. The van der Waals surface area contributed by atoms with Crippen LogP contribution in [-0.4, -0.2) is 30.3 Å². The van der Waals surface area contributed by atoms with Gasteiger partial charge in [0.1, 0.15) is 5.75 Å². The molecule has 1 aromatic rings. The smallest absolute Gasteiger partial charge is 0.258 e. The summed E-state index contributed by atoms with van der Waals surface area (Å²) >= 11 is 6.71. The fourth-order valence-corrected chi connectivity index (χ4v) is 2.49. The van der Waals surface area contributed by atoms with Gasteiger partial charge in [-0.3, -0.25) is 4.79 Å². The highest BCUT2D eigenvalue weighted by molar-refractivity contribution is 9.11. The first-order chi connectivity index (χ1) is 8.93. The monoisotopic (exact) mass is 393 g/mol. The van der Waals surface area contributed by atoms with Crippen LogP contribution in [0.1, 0.15) is 13.8 Å². The van der Waals surface area contributed by atoms with Crippen LogP contribution in [0.5, 0.6) is 5.75 Å². The second-order valence-corrected chi connectivity index (χ2v) is 6.15. The van der Waals surface area contributed by atoms with Gasteiger partial charge in [-0.2, -0.15) is 0 Å². The molecule has 0 aliphatic carbocycles. The van der Waals surface area contributed by atoms with E-state index in [4.69, 9.17) is 9.84 Å². The quantitative estimate of drug-likeness (QED) is 0.779. The largest absolute Gasteiger partial charge is 0.483 e. The second-order valence-electron chi connectivity index (χ2n) is 4.38. The maximum atomic E-state index is 11.7. The number of aliphatic hydroxyl groups excluding tert-OH is 1. The molecule has 0 radical (unpaired) electrons. The number of rotatable bonds is 6. The predicted molar refractivity (Wildman–Crippen MR) is 81.2 cm³/mol. The SMILES string of the molecule is CC(CO)C(C)NC(=O)COc1ccc(Br)cc1Br. The molecule has 6 heteroatoms. The summed E-state index contributed by atoms with van der Waals surface area (Å²) in [7, 11) is 0. The van der Waals surface area contributed by atoms with Crippen LogP contribution in [0, 0.1) is 5.92 Å². The number of hydrogen-bond donors (Lipinski definition) is 2. The van der Waals surface area contributed by atoms with Crippen molar-refractivity contribution in [2.24, 2.45) is 5.92 Å². The molecule has 19 heavy (non-hydrogen) atoms. The van der Waals surface area contributed by atoms with E-state index in [9.17, 15) is 4.79 Å². The Morgan fingerprint density at radius 2 is 2.11 bits per heavy atom. The van der Waals surface area contributed by atoms with Crippen LogP contribution in [-0.2, 0) is 4.79 Å². The number of carbonyl (C=O) groups is 1. The van der Waals surface area contributed by atoms with Crippen LogP contribution in [0.15, 0.2) is 27.1 Å². The molecule has 106 valence electrons. The minimum absolute atomic E-state index is 0.0170. The van der Waals surface area contributed by atoms with Crippen LogP contribution >= 0.6 is 31.9 Å². The Bertz CT molecular complexity index is 440. The molecule has 1 aromatic carbocycles. The van der Waals surface area contributed by atoms with Crippen LogP contribution in [0.25, 0.3) is 0 Å². The van der Waals surface area contributed by atoms with E-state index in [0.717, 1.165) is 8.95 Å². The lowest BCUT2D eigenvalue weighted by molar-refractivity contribution is -0.124. The number of aliphatic hydroxyl groups is 1. The van der Waals surface area contributed by atoms with Gasteiger partial charge >= 0.3 is 0 Å². The third-order valence-corrected chi connectivity index (χ3v) is 3.90. The van der Waals surface area contributed by atoms with Crippen LogP contribution in [0.2, 0.25) is 0 Å². The average Bonchev–Trinajstić information content (AvgIpc) is 2.36. The zero-order chi connectivity index (χ0) is 14.4. The van der Waals surface area contributed by atoms with Crippen molar-refractivity contribution in [2.75, 3.05) is 13.2 Å². The number of carbonyl (C=O) groups excluding carboxylic acids is 1. The fourth-order valence-electron chi connectivity index (χ4n) is 1.33. The molecule has 2 atom stereocenters. The molecule has 1 rings (SSSR count). The van der Waals surface area contributed by atoms with E-state index in [-0.39, 0.29) is 31.1 Å². The van der Waals surface area contributed by atoms with Crippen LogP contribution < -0.4 is 10.1 Å². The first kappa shape index (κ1) is 16.5. The van der Waals surface area contributed by atoms with Crippen molar-refractivity contribution in [1.82, 2.24) is 5.32 Å². The van der Waals surface area contributed by atoms with E-state index in [1.165, 1.54) is 0 Å². The van der Waals surface area contributed by atoms with Crippen molar-refractivity contribution in [3.05, 3.63) is 27.1 Å². The summed E-state index contributed by atoms with van der Waals surface area (Å²) in [6.45, 7) is 3.72. The summed E-state index contributed by atoms with van der Waals surface area (Å²) in [4.78, 5) is 11.7. The van der Waals surface area contributed by atoms with E-state index in [0.29, 0.717) is 5.75 Å². The molecular formula is C13H17Br2NO3. The molecule has 0 saturated carbocycles. The Labute approximate surface area is 129 Å². The van der Waals surface area contributed by atoms with Gasteiger partial charge in [0.25, 0.3) is 5.91 Å². The molecule has 2 unspecified atom stereocenters. The molecule has 0 fully saturated rings. The molecule has 0 bridgehead atoms. The highest BCUT2D eigenvalue weighted by Gasteiger charge is 2.14. The summed E-state index contributed by atoms with van der Waals surface area (Å²) in [5.41, 5.74) is 0. The lowest BCUT2D eigenvalue weighted by atomic mass is 10.1. The molecule has 0 saturated heterocycles. The van der Waals surface area contributed by atoms with Gasteiger partial charge in [-0.25, -0.2) is 0 Å². The van der Waals surface area contributed by atoms with Gasteiger partial charge in [-0.05, 0) is 47.0 Å². The average molecular weight is 395 g/mol. The van der Waals surface area contributed by atoms with Crippen LogP contribution in [0.4, 0.5) is 0 Å². The summed E-state index contributed by atoms with van der Waals surface area (Å²) in [5, 5.41) is 11.8. The number of halogens is 2. The Morgan fingerprint density at radius 1 is 1.42 bits per heavy atom. The lowest BCUT2D eigenvalue weighted by Gasteiger charge is -2.19. The maximum Gasteiger partial charge on any atom is 0.258 e. The summed E-state index contributed by atoms with van der Waals surface area (Å²) < 4.78 is 7.14. The molecular weight excluding hydrogens is 378 g/mol.